The van der Waals surface area contributed by atoms with Crippen LogP contribution in [0.3, 0.4) is 0 Å². The third-order valence-electron chi connectivity index (χ3n) is 3.96. The van der Waals surface area contributed by atoms with Gasteiger partial charge in [0.25, 0.3) is 0 Å². The predicted octanol–water partition coefficient (Wildman–Crippen LogP) is 2.39. The fourth-order valence-corrected chi connectivity index (χ4v) is 2.68. The fraction of sp³-hybridized carbons (Fsp3) is 0.733. The first kappa shape index (κ1) is 15.0. The number of hydrogen-bond acceptors (Lipinski definition) is 5. The van der Waals surface area contributed by atoms with Crippen LogP contribution in [0, 0.1) is 5.92 Å². The molecule has 0 bridgehead atoms. The SMILES string of the molecule is CNc1cc(NC2CCN(C)CC2C)nc(C(C)C)n1. The van der Waals surface area contributed by atoms with Gasteiger partial charge in [-0.1, -0.05) is 20.8 Å². The fourth-order valence-electron chi connectivity index (χ4n) is 2.68. The molecule has 0 aromatic carbocycles. The molecule has 2 N–H and O–H groups in total. The van der Waals surface area contributed by atoms with E-state index in [1.165, 1.54) is 0 Å². The van der Waals surface area contributed by atoms with Gasteiger partial charge in [-0.15, -0.1) is 0 Å². The van der Waals surface area contributed by atoms with E-state index in [0.29, 0.717) is 17.9 Å². The lowest BCUT2D eigenvalue weighted by Gasteiger charge is -2.35. The van der Waals surface area contributed by atoms with Gasteiger partial charge in [0.2, 0.25) is 0 Å². The summed E-state index contributed by atoms with van der Waals surface area (Å²) in [7, 11) is 4.09. The molecule has 5 heteroatoms. The summed E-state index contributed by atoms with van der Waals surface area (Å²) in [5.74, 6) is 3.67. The molecule has 0 spiro atoms. The molecule has 0 aliphatic carbocycles. The molecule has 0 radical (unpaired) electrons. The topological polar surface area (TPSA) is 53.1 Å². The molecule has 1 aliphatic rings. The van der Waals surface area contributed by atoms with Crippen molar-refractivity contribution in [3.05, 3.63) is 11.9 Å². The Morgan fingerprint density at radius 2 is 2.00 bits per heavy atom. The van der Waals surface area contributed by atoms with Crippen molar-refractivity contribution >= 4 is 11.6 Å². The number of likely N-dealkylation sites (tertiary alicyclic amines) is 1. The lowest BCUT2D eigenvalue weighted by atomic mass is 9.94. The van der Waals surface area contributed by atoms with Crippen LogP contribution < -0.4 is 10.6 Å². The van der Waals surface area contributed by atoms with Crippen molar-refractivity contribution in [3.8, 4) is 0 Å². The third kappa shape index (κ3) is 3.60. The Hall–Kier alpha value is -1.36. The van der Waals surface area contributed by atoms with E-state index in [9.17, 15) is 0 Å². The van der Waals surface area contributed by atoms with E-state index in [-0.39, 0.29) is 0 Å². The van der Waals surface area contributed by atoms with Crippen molar-refractivity contribution in [2.75, 3.05) is 37.8 Å². The Morgan fingerprint density at radius 3 is 2.60 bits per heavy atom. The average molecular weight is 277 g/mol. The summed E-state index contributed by atoms with van der Waals surface area (Å²) >= 11 is 0. The van der Waals surface area contributed by atoms with Gasteiger partial charge in [0.05, 0.1) is 0 Å². The minimum atomic E-state index is 0.332. The van der Waals surface area contributed by atoms with Gasteiger partial charge >= 0.3 is 0 Å². The van der Waals surface area contributed by atoms with E-state index in [0.717, 1.165) is 37.0 Å². The van der Waals surface area contributed by atoms with Crippen molar-refractivity contribution in [1.82, 2.24) is 14.9 Å². The Morgan fingerprint density at radius 1 is 1.30 bits per heavy atom. The summed E-state index contributed by atoms with van der Waals surface area (Å²) in [6, 6.07) is 2.49. The number of hydrogen-bond donors (Lipinski definition) is 2. The molecule has 5 nitrogen and oxygen atoms in total. The second-order valence-electron chi connectivity index (χ2n) is 6.18. The van der Waals surface area contributed by atoms with E-state index in [4.69, 9.17) is 0 Å². The molecule has 1 saturated heterocycles. The first-order valence-corrected chi connectivity index (χ1v) is 7.51. The van der Waals surface area contributed by atoms with Crippen molar-refractivity contribution in [1.29, 1.82) is 0 Å². The largest absolute Gasteiger partial charge is 0.373 e. The van der Waals surface area contributed by atoms with Crippen molar-refractivity contribution in [3.63, 3.8) is 0 Å². The van der Waals surface area contributed by atoms with Crippen LogP contribution in [0.4, 0.5) is 11.6 Å². The Balaban J connectivity index is 2.14. The third-order valence-corrected chi connectivity index (χ3v) is 3.96. The van der Waals surface area contributed by atoms with Gasteiger partial charge in [0.1, 0.15) is 17.5 Å². The highest BCUT2D eigenvalue weighted by Gasteiger charge is 2.24. The molecule has 20 heavy (non-hydrogen) atoms. The van der Waals surface area contributed by atoms with Crippen molar-refractivity contribution in [2.24, 2.45) is 5.92 Å². The number of rotatable bonds is 4. The standard InChI is InChI=1S/C15H27N5/c1-10(2)15-18-13(16-4)8-14(19-15)17-12-6-7-20(5)9-11(12)3/h8,10-12H,6-7,9H2,1-5H3,(H2,16,17,18,19). The predicted molar refractivity (Wildman–Crippen MR) is 84.4 cm³/mol. The molecular weight excluding hydrogens is 250 g/mol. The van der Waals surface area contributed by atoms with E-state index >= 15 is 0 Å². The van der Waals surface area contributed by atoms with Crippen LogP contribution in [-0.2, 0) is 0 Å². The first-order valence-electron chi connectivity index (χ1n) is 7.51. The first-order chi connectivity index (χ1) is 9.49. The summed E-state index contributed by atoms with van der Waals surface area (Å²) < 4.78 is 0. The highest BCUT2D eigenvalue weighted by molar-refractivity contribution is 5.48. The summed E-state index contributed by atoms with van der Waals surface area (Å²) in [6.07, 6.45) is 1.16. The molecule has 112 valence electrons. The van der Waals surface area contributed by atoms with Gasteiger partial charge in [0, 0.05) is 31.6 Å². The summed E-state index contributed by atoms with van der Waals surface area (Å²) in [4.78, 5) is 11.5. The van der Waals surface area contributed by atoms with Gasteiger partial charge in [-0.05, 0) is 25.9 Å². The Labute approximate surface area is 122 Å². The number of aromatic nitrogens is 2. The summed E-state index contributed by atoms with van der Waals surface area (Å²) in [5.41, 5.74) is 0. The molecule has 2 unspecified atom stereocenters. The van der Waals surface area contributed by atoms with Crippen molar-refractivity contribution in [2.45, 2.75) is 39.2 Å². The molecule has 0 saturated carbocycles. The molecular formula is C15H27N5. The minimum absolute atomic E-state index is 0.332. The molecule has 1 aromatic heterocycles. The summed E-state index contributed by atoms with van der Waals surface area (Å²) in [5, 5.41) is 6.72. The highest BCUT2D eigenvalue weighted by Crippen LogP contribution is 2.22. The lowest BCUT2D eigenvalue weighted by Crippen LogP contribution is -2.43. The molecule has 1 aromatic rings. The number of nitrogens with zero attached hydrogens (tertiary/aromatic N) is 3. The van der Waals surface area contributed by atoms with Crippen LogP contribution in [0.15, 0.2) is 6.07 Å². The van der Waals surface area contributed by atoms with E-state index in [1.807, 2.05) is 13.1 Å². The van der Waals surface area contributed by atoms with Crippen LogP contribution in [0.2, 0.25) is 0 Å². The van der Waals surface area contributed by atoms with Gasteiger partial charge in [-0.25, -0.2) is 9.97 Å². The average Bonchev–Trinajstić information content (AvgIpc) is 2.41. The maximum Gasteiger partial charge on any atom is 0.135 e. The highest BCUT2D eigenvalue weighted by atomic mass is 15.1. The Kier molecular flexibility index (Phi) is 4.81. The van der Waals surface area contributed by atoms with Gasteiger partial charge in [-0.3, -0.25) is 0 Å². The molecule has 1 fully saturated rings. The maximum atomic E-state index is 4.65. The van der Waals surface area contributed by atoms with Gasteiger partial charge < -0.3 is 15.5 Å². The molecule has 2 rings (SSSR count). The van der Waals surface area contributed by atoms with E-state index in [2.05, 4.69) is 53.3 Å². The minimum Gasteiger partial charge on any atom is -0.373 e. The molecule has 2 atom stereocenters. The van der Waals surface area contributed by atoms with E-state index in [1.54, 1.807) is 0 Å². The summed E-state index contributed by atoms with van der Waals surface area (Å²) in [6.45, 7) is 8.83. The lowest BCUT2D eigenvalue weighted by molar-refractivity contribution is 0.206. The van der Waals surface area contributed by atoms with Crippen molar-refractivity contribution < 1.29 is 0 Å². The quantitative estimate of drug-likeness (QED) is 0.885. The van der Waals surface area contributed by atoms with Gasteiger partial charge in [0.15, 0.2) is 0 Å². The normalized spacial score (nSPS) is 23.9. The van der Waals surface area contributed by atoms with Crippen LogP contribution in [0.25, 0.3) is 0 Å². The number of nitrogens with one attached hydrogen (secondary N) is 2. The zero-order valence-corrected chi connectivity index (χ0v) is 13.3. The molecule has 2 heterocycles. The second-order valence-corrected chi connectivity index (χ2v) is 6.18. The monoisotopic (exact) mass is 277 g/mol. The van der Waals surface area contributed by atoms with E-state index < -0.39 is 0 Å². The van der Waals surface area contributed by atoms with Gasteiger partial charge in [-0.2, -0.15) is 0 Å². The van der Waals surface area contributed by atoms with Crippen LogP contribution >= 0.6 is 0 Å². The molecule has 0 amide bonds. The second kappa shape index (κ2) is 6.39. The number of piperidine rings is 1. The zero-order valence-electron chi connectivity index (χ0n) is 13.3. The maximum absolute atomic E-state index is 4.65. The Bertz CT molecular complexity index is 446. The van der Waals surface area contributed by atoms with Crippen LogP contribution in [0.1, 0.15) is 38.9 Å². The van der Waals surface area contributed by atoms with Crippen LogP contribution in [0.5, 0.6) is 0 Å². The smallest absolute Gasteiger partial charge is 0.135 e. The number of anilines is 2. The molecule has 1 aliphatic heterocycles. The zero-order chi connectivity index (χ0) is 14.7. The van der Waals surface area contributed by atoms with Crippen LogP contribution in [-0.4, -0.2) is 48.1 Å².